The maximum absolute atomic E-state index is 12.2. The zero-order chi connectivity index (χ0) is 13.8. The van der Waals surface area contributed by atoms with Crippen LogP contribution in [0.3, 0.4) is 0 Å². The molecule has 0 unspecified atom stereocenters. The average Bonchev–Trinajstić information content (AvgIpc) is 2.43. The molecule has 2 rings (SSSR count). The molecule has 0 saturated carbocycles. The van der Waals surface area contributed by atoms with Gasteiger partial charge < -0.3 is 5.32 Å². The normalized spacial score (nSPS) is 10.3. The second kappa shape index (κ2) is 5.70. The molecule has 0 aromatic heterocycles. The van der Waals surface area contributed by atoms with E-state index in [1.807, 2.05) is 56.3 Å². The van der Waals surface area contributed by atoms with Gasteiger partial charge in [0.15, 0.2) is 0 Å². The molecule has 0 radical (unpaired) electrons. The second-order valence-electron chi connectivity index (χ2n) is 4.77. The van der Waals surface area contributed by atoms with Gasteiger partial charge in [0.2, 0.25) is 0 Å². The predicted octanol–water partition coefficient (Wildman–Crippen LogP) is 4.12. The Balaban J connectivity index is 2.20. The molecule has 2 aromatic carbocycles. The number of benzene rings is 2. The van der Waals surface area contributed by atoms with Crippen LogP contribution in [0.25, 0.3) is 0 Å². The third kappa shape index (κ3) is 3.02. The summed E-state index contributed by atoms with van der Waals surface area (Å²) in [6, 6.07) is 13.8. The van der Waals surface area contributed by atoms with Crippen LogP contribution in [-0.4, -0.2) is 5.91 Å². The fourth-order valence-electron chi connectivity index (χ4n) is 2.09. The van der Waals surface area contributed by atoms with Crippen molar-refractivity contribution in [3.05, 3.63) is 64.7 Å². The number of carbonyl (C=O) groups excluding carboxylic acids is 1. The van der Waals surface area contributed by atoms with E-state index in [0.717, 1.165) is 23.2 Å². The van der Waals surface area contributed by atoms with Crippen LogP contribution in [0.2, 0.25) is 0 Å². The molecular weight excluding hydrogens is 234 g/mol. The van der Waals surface area contributed by atoms with Crippen LogP contribution in [-0.2, 0) is 6.42 Å². The van der Waals surface area contributed by atoms with E-state index in [1.165, 1.54) is 5.56 Å². The largest absolute Gasteiger partial charge is 0.322 e. The smallest absolute Gasteiger partial charge is 0.255 e. The van der Waals surface area contributed by atoms with E-state index >= 15 is 0 Å². The Bertz CT molecular complexity index is 564. The first-order chi connectivity index (χ1) is 9.11. The molecule has 98 valence electrons. The lowest BCUT2D eigenvalue weighted by Gasteiger charge is -2.11. The molecule has 0 spiro atoms. The zero-order valence-electron chi connectivity index (χ0n) is 11.7. The third-order valence-electron chi connectivity index (χ3n) is 3.34. The van der Waals surface area contributed by atoms with Crippen LogP contribution in [0.4, 0.5) is 5.69 Å². The summed E-state index contributed by atoms with van der Waals surface area (Å²) >= 11 is 0. The van der Waals surface area contributed by atoms with Gasteiger partial charge in [-0.2, -0.15) is 0 Å². The van der Waals surface area contributed by atoms with Crippen molar-refractivity contribution < 1.29 is 4.79 Å². The number of carbonyl (C=O) groups is 1. The van der Waals surface area contributed by atoms with Gasteiger partial charge >= 0.3 is 0 Å². The van der Waals surface area contributed by atoms with Crippen LogP contribution in [0.15, 0.2) is 42.5 Å². The zero-order valence-corrected chi connectivity index (χ0v) is 11.7. The minimum absolute atomic E-state index is 0.0555. The maximum atomic E-state index is 12.2. The number of amides is 1. The highest BCUT2D eigenvalue weighted by molar-refractivity contribution is 6.05. The van der Waals surface area contributed by atoms with Crippen molar-refractivity contribution in [3.8, 4) is 0 Å². The summed E-state index contributed by atoms with van der Waals surface area (Å²) in [5.74, 6) is -0.0555. The number of aryl methyl sites for hydroxylation is 3. The molecule has 2 aromatic rings. The predicted molar refractivity (Wildman–Crippen MR) is 79.7 cm³/mol. The van der Waals surface area contributed by atoms with Crippen molar-refractivity contribution in [1.82, 2.24) is 0 Å². The first-order valence-electron chi connectivity index (χ1n) is 6.58. The lowest BCUT2D eigenvalue weighted by Crippen LogP contribution is -2.13. The molecular formula is C17H19NO. The van der Waals surface area contributed by atoms with Crippen molar-refractivity contribution in [2.75, 3.05) is 5.32 Å². The Kier molecular flexibility index (Phi) is 4.00. The highest BCUT2D eigenvalue weighted by Crippen LogP contribution is 2.20. The second-order valence-corrected chi connectivity index (χ2v) is 4.77. The van der Waals surface area contributed by atoms with Gasteiger partial charge in [-0.05, 0) is 49.1 Å². The van der Waals surface area contributed by atoms with Gasteiger partial charge in [-0.1, -0.05) is 37.3 Å². The number of rotatable bonds is 3. The van der Waals surface area contributed by atoms with E-state index in [9.17, 15) is 4.79 Å². The number of hydrogen-bond donors (Lipinski definition) is 1. The first kappa shape index (κ1) is 13.3. The van der Waals surface area contributed by atoms with Gasteiger partial charge in [0.25, 0.3) is 5.91 Å². The topological polar surface area (TPSA) is 29.1 Å². The number of para-hydroxylation sites is 1. The van der Waals surface area contributed by atoms with E-state index in [4.69, 9.17) is 0 Å². The van der Waals surface area contributed by atoms with Crippen molar-refractivity contribution >= 4 is 11.6 Å². The molecule has 2 heteroatoms. The molecule has 0 atom stereocenters. The molecule has 0 bridgehead atoms. The highest BCUT2D eigenvalue weighted by Gasteiger charge is 2.09. The molecule has 0 aliphatic heterocycles. The molecule has 1 amide bonds. The first-order valence-corrected chi connectivity index (χ1v) is 6.58. The summed E-state index contributed by atoms with van der Waals surface area (Å²) in [5, 5.41) is 2.99. The van der Waals surface area contributed by atoms with Crippen LogP contribution < -0.4 is 5.32 Å². The lowest BCUT2D eigenvalue weighted by molar-refractivity contribution is 0.102. The van der Waals surface area contributed by atoms with E-state index in [0.29, 0.717) is 5.56 Å². The number of hydrogen-bond acceptors (Lipinski definition) is 1. The fraction of sp³-hybridized carbons (Fsp3) is 0.235. The molecule has 19 heavy (non-hydrogen) atoms. The molecule has 0 heterocycles. The van der Waals surface area contributed by atoms with Gasteiger partial charge in [-0.3, -0.25) is 4.79 Å². The third-order valence-corrected chi connectivity index (χ3v) is 3.34. The highest BCUT2D eigenvalue weighted by atomic mass is 16.1. The van der Waals surface area contributed by atoms with Crippen LogP contribution in [0.5, 0.6) is 0 Å². The van der Waals surface area contributed by atoms with Gasteiger partial charge in [0.1, 0.15) is 0 Å². The van der Waals surface area contributed by atoms with Gasteiger partial charge in [-0.15, -0.1) is 0 Å². The minimum atomic E-state index is -0.0555. The molecule has 2 nitrogen and oxygen atoms in total. The Morgan fingerprint density at radius 1 is 1.00 bits per heavy atom. The van der Waals surface area contributed by atoms with Crippen LogP contribution >= 0.6 is 0 Å². The average molecular weight is 253 g/mol. The summed E-state index contributed by atoms with van der Waals surface area (Å²) in [4.78, 5) is 12.2. The van der Waals surface area contributed by atoms with Gasteiger partial charge in [0, 0.05) is 11.3 Å². The van der Waals surface area contributed by atoms with Crippen molar-refractivity contribution in [2.45, 2.75) is 27.2 Å². The Morgan fingerprint density at radius 2 is 1.58 bits per heavy atom. The Hall–Kier alpha value is -2.09. The lowest BCUT2D eigenvalue weighted by atomic mass is 10.1. The van der Waals surface area contributed by atoms with Gasteiger partial charge in [0.05, 0.1) is 0 Å². The van der Waals surface area contributed by atoms with Crippen LogP contribution in [0.1, 0.15) is 34.0 Å². The Labute approximate surface area is 114 Å². The van der Waals surface area contributed by atoms with E-state index in [-0.39, 0.29) is 5.91 Å². The maximum Gasteiger partial charge on any atom is 0.255 e. The summed E-state index contributed by atoms with van der Waals surface area (Å²) in [7, 11) is 0. The Morgan fingerprint density at radius 3 is 2.11 bits per heavy atom. The molecule has 0 fully saturated rings. The fourth-order valence-corrected chi connectivity index (χ4v) is 2.09. The molecule has 1 N–H and O–H groups in total. The minimum Gasteiger partial charge on any atom is -0.322 e. The SMILES string of the molecule is CCc1ccc(C(=O)Nc2c(C)cccc2C)cc1. The monoisotopic (exact) mass is 253 g/mol. The number of anilines is 1. The van der Waals surface area contributed by atoms with E-state index < -0.39 is 0 Å². The quantitative estimate of drug-likeness (QED) is 0.876. The molecule has 0 aliphatic carbocycles. The van der Waals surface area contributed by atoms with Crippen LogP contribution in [0, 0.1) is 13.8 Å². The molecule has 0 saturated heterocycles. The summed E-state index contributed by atoms with van der Waals surface area (Å²) in [6.45, 7) is 6.11. The summed E-state index contributed by atoms with van der Waals surface area (Å²) < 4.78 is 0. The standard InChI is InChI=1S/C17H19NO/c1-4-14-8-10-15(11-9-14)17(19)18-16-12(2)6-5-7-13(16)3/h5-11H,4H2,1-3H3,(H,18,19). The summed E-state index contributed by atoms with van der Waals surface area (Å²) in [5.41, 5.74) is 5.01. The molecule has 0 aliphatic rings. The van der Waals surface area contributed by atoms with Gasteiger partial charge in [-0.25, -0.2) is 0 Å². The van der Waals surface area contributed by atoms with E-state index in [2.05, 4.69) is 12.2 Å². The van der Waals surface area contributed by atoms with E-state index in [1.54, 1.807) is 0 Å². The number of nitrogens with one attached hydrogen (secondary N) is 1. The van der Waals surface area contributed by atoms with Crippen molar-refractivity contribution in [1.29, 1.82) is 0 Å². The van der Waals surface area contributed by atoms with Crippen molar-refractivity contribution in [2.24, 2.45) is 0 Å². The summed E-state index contributed by atoms with van der Waals surface area (Å²) in [6.07, 6.45) is 0.985. The van der Waals surface area contributed by atoms with Crippen molar-refractivity contribution in [3.63, 3.8) is 0 Å².